The van der Waals surface area contributed by atoms with Crippen LogP contribution in [0.1, 0.15) is 56.1 Å². The minimum absolute atomic E-state index is 0.0314. The van der Waals surface area contributed by atoms with Gasteiger partial charge in [0.15, 0.2) is 0 Å². The predicted octanol–water partition coefficient (Wildman–Crippen LogP) is 4.73. The van der Waals surface area contributed by atoms with Crippen molar-refractivity contribution in [1.29, 1.82) is 0 Å². The van der Waals surface area contributed by atoms with Gasteiger partial charge in [-0.3, -0.25) is 9.78 Å². The monoisotopic (exact) mass is 339 g/mol. The van der Waals surface area contributed by atoms with Gasteiger partial charge in [0, 0.05) is 31.0 Å². The standard InChI is InChI=1S/C21H29N3O/c1-4-5-9-13-22-19-12-14-23-20(15-19)21(25)24(17(2)3)16-18-10-7-6-8-11-18/h6-8,10-12,14-15,17H,4-5,9,13,16H2,1-3H3,(H,22,23). The number of nitrogens with zero attached hydrogens (tertiary/aromatic N) is 2. The van der Waals surface area contributed by atoms with E-state index in [1.54, 1.807) is 6.20 Å². The molecule has 0 fully saturated rings. The number of carbonyl (C=O) groups is 1. The molecule has 1 aromatic carbocycles. The summed E-state index contributed by atoms with van der Waals surface area (Å²) in [7, 11) is 0. The molecule has 0 aliphatic carbocycles. The van der Waals surface area contributed by atoms with Crippen LogP contribution in [0.2, 0.25) is 0 Å². The van der Waals surface area contributed by atoms with Gasteiger partial charge in [-0.1, -0.05) is 50.1 Å². The van der Waals surface area contributed by atoms with Gasteiger partial charge < -0.3 is 10.2 Å². The summed E-state index contributed by atoms with van der Waals surface area (Å²) in [5.74, 6) is -0.0314. The van der Waals surface area contributed by atoms with Crippen LogP contribution in [0.3, 0.4) is 0 Å². The molecule has 4 nitrogen and oxygen atoms in total. The van der Waals surface area contributed by atoms with Crippen LogP contribution in [0.15, 0.2) is 48.7 Å². The maximum absolute atomic E-state index is 13.0. The Balaban J connectivity index is 2.08. The summed E-state index contributed by atoms with van der Waals surface area (Å²) in [6, 6.07) is 13.9. The third kappa shape index (κ3) is 5.89. The lowest BCUT2D eigenvalue weighted by atomic mass is 10.1. The van der Waals surface area contributed by atoms with Gasteiger partial charge in [0.25, 0.3) is 5.91 Å². The van der Waals surface area contributed by atoms with Crippen LogP contribution in [-0.4, -0.2) is 28.4 Å². The Morgan fingerprint density at radius 1 is 1.16 bits per heavy atom. The van der Waals surface area contributed by atoms with Gasteiger partial charge in [-0.15, -0.1) is 0 Å². The van der Waals surface area contributed by atoms with Crippen molar-refractivity contribution in [2.45, 2.75) is 52.6 Å². The fraction of sp³-hybridized carbons (Fsp3) is 0.429. The second-order valence-corrected chi connectivity index (χ2v) is 6.58. The zero-order valence-electron chi connectivity index (χ0n) is 15.5. The second-order valence-electron chi connectivity index (χ2n) is 6.58. The van der Waals surface area contributed by atoms with Gasteiger partial charge in [-0.2, -0.15) is 0 Å². The van der Waals surface area contributed by atoms with Gasteiger partial charge >= 0.3 is 0 Å². The highest BCUT2D eigenvalue weighted by Crippen LogP contribution is 2.15. The molecule has 0 aliphatic rings. The third-order valence-corrected chi connectivity index (χ3v) is 4.17. The lowest BCUT2D eigenvalue weighted by molar-refractivity contribution is 0.0684. The van der Waals surface area contributed by atoms with E-state index in [4.69, 9.17) is 0 Å². The van der Waals surface area contributed by atoms with E-state index >= 15 is 0 Å². The third-order valence-electron chi connectivity index (χ3n) is 4.17. The Morgan fingerprint density at radius 3 is 2.60 bits per heavy atom. The molecular weight excluding hydrogens is 310 g/mol. The van der Waals surface area contributed by atoms with Crippen LogP contribution in [0.4, 0.5) is 5.69 Å². The number of hydrogen-bond donors (Lipinski definition) is 1. The van der Waals surface area contributed by atoms with Crippen LogP contribution in [0.5, 0.6) is 0 Å². The molecular formula is C21H29N3O. The van der Waals surface area contributed by atoms with E-state index in [0.29, 0.717) is 12.2 Å². The summed E-state index contributed by atoms with van der Waals surface area (Å²) in [5, 5.41) is 3.38. The van der Waals surface area contributed by atoms with Crippen molar-refractivity contribution in [2.75, 3.05) is 11.9 Å². The summed E-state index contributed by atoms with van der Waals surface area (Å²) in [6.45, 7) is 7.77. The minimum atomic E-state index is -0.0314. The summed E-state index contributed by atoms with van der Waals surface area (Å²) in [5.41, 5.74) is 2.57. The van der Waals surface area contributed by atoms with Crippen molar-refractivity contribution in [2.24, 2.45) is 0 Å². The van der Waals surface area contributed by atoms with Crippen LogP contribution in [0.25, 0.3) is 0 Å². The molecule has 2 aromatic rings. The number of unbranched alkanes of at least 4 members (excludes halogenated alkanes) is 2. The quantitative estimate of drug-likeness (QED) is 0.672. The second kappa shape index (κ2) is 9.82. The first kappa shape index (κ1) is 19.0. The maximum atomic E-state index is 13.0. The average molecular weight is 339 g/mol. The Bertz CT molecular complexity index is 655. The maximum Gasteiger partial charge on any atom is 0.273 e. The first-order valence-corrected chi connectivity index (χ1v) is 9.16. The number of nitrogens with one attached hydrogen (secondary N) is 1. The largest absolute Gasteiger partial charge is 0.385 e. The molecule has 0 radical (unpaired) electrons. The predicted molar refractivity (Wildman–Crippen MR) is 104 cm³/mol. The molecule has 0 aliphatic heterocycles. The lowest BCUT2D eigenvalue weighted by Crippen LogP contribution is -2.36. The molecule has 1 aromatic heterocycles. The fourth-order valence-corrected chi connectivity index (χ4v) is 2.68. The highest BCUT2D eigenvalue weighted by atomic mass is 16.2. The van der Waals surface area contributed by atoms with Gasteiger partial charge in [-0.05, 0) is 38.0 Å². The summed E-state index contributed by atoms with van der Waals surface area (Å²) < 4.78 is 0. The minimum Gasteiger partial charge on any atom is -0.385 e. The first-order valence-electron chi connectivity index (χ1n) is 9.16. The Hall–Kier alpha value is -2.36. The van der Waals surface area contributed by atoms with Gasteiger partial charge in [-0.25, -0.2) is 0 Å². The van der Waals surface area contributed by atoms with Crippen molar-refractivity contribution in [3.8, 4) is 0 Å². The number of amides is 1. The van der Waals surface area contributed by atoms with Crippen molar-refractivity contribution >= 4 is 11.6 Å². The van der Waals surface area contributed by atoms with E-state index < -0.39 is 0 Å². The number of rotatable bonds is 9. The van der Waals surface area contributed by atoms with Crippen molar-refractivity contribution in [1.82, 2.24) is 9.88 Å². The highest BCUT2D eigenvalue weighted by Gasteiger charge is 2.20. The van der Waals surface area contributed by atoms with E-state index in [1.807, 2.05) is 61.2 Å². The number of carbonyl (C=O) groups excluding carboxylic acids is 1. The molecule has 0 unspecified atom stereocenters. The Labute approximate surface area is 151 Å². The van der Waals surface area contributed by atoms with Gasteiger partial charge in [0.05, 0.1) is 0 Å². The summed E-state index contributed by atoms with van der Waals surface area (Å²) in [6.07, 6.45) is 5.25. The van der Waals surface area contributed by atoms with E-state index in [9.17, 15) is 4.79 Å². The van der Waals surface area contributed by atoms with Crippen LogP contribution < -0.4 is 5.32 Å². The number of hydrogen-bond acceptors (Lipinski definition) is 3. The van der Waals surface area contributed by atoms with E-state index in [1.165, 1.54) is 12.8 Å². The van der Waals surface area contributed by atoms with Crippen molar-refractivity contribution in [3.05, 3.63) is 59.9 Å². The molecule has 0 atom stereocenters. The molecule has 0 bridgehead atoms. The zero-order valence-corrected chi connectivity index (χ0v) is 15.5. The number of pyridine rings is 1. The lowest BCUT2D eigenvalue weighted by Gasteiger charge is -2.26. The number of benzene rings is 1. The molecule has 1 N–H and O–H groups in total. The molecule has 0 spiro atoms. The summed E-state index contributed by atoms with van der Waals surface area (Å²) in [4.78, 5) is 19.1. The molecule has 25 heavy (non-hydrogen) atoms. The van der Waals surface area contributed by atoms with Crippen molar-refractivity contribution < 1.29 is 4.79 Å². The van der Waals surface area contributed by atoms with Gasteiger partial charge in [0.1, 0.15) is 5.69 Å². The Morgan fingerprint density at radius 2 is 1.92 bits per heavy atom. The zero-order chi connectivity index (χ0) is 18.1. The molecule has 0 saturated heterocycles. The fourth-order valence-electron chi connectivity index (χ4n) is 2.68. The average Bonchev–Trinajstić information content (AvgIpc) is 2.63. The number of anilines is 1. The van der Waals surface area contributed by atoms with E-state index in [-0.39, 0.29) is 11.9 Å². The molecule has 134 valence electrons. The van der Waals surface area contributed by atoms with E-state index in [0.717, 1.165) is 24.2 Å². The SMILES string of the molecule is CCCCCNc1ccnc(C(=O)N(Cc2ccccc2)C(C)C)c1. The first-order chi connectivity index (χ1) is 12.1. The summed E-state index contributed by atoms with van der Waals surface area (Å²) >= 11 is 0. The molecule has 1 heterocycles. The van der Waals surface area contributed by atoms with Crippen LogP contribution in [-0.2, 0) is 6.54 Å². The molecule has 1 amide bonds. The molecule has 0 saturated carbocycles. The van der Waals surface area contributed by atoms with Gasteiger partial charge in [0.2, 0.25) is 0 Å². The molecule has 2 rings (SSSR count). The van der Waals surface area contributed by atoms with E-state index in [2.05, 4.69) is 17.2 Å². The molecule has 4 heteroatoms. The van der Waals surface area contributed by atoms with Crippen LogP contribution in [0, 0.1) is 0 Å². The Kier molecular flexibility index (Phi) is 7.45. The number of aromatic nitrogens is 1. The van der Waals surface area contributed by atoms with Crippen LogP contribution >= 0.6 is 0 Å². The topological polar surface area (TPSA) is 45.2 Å². The van der Waals surface area contributed by atoms with Crippen molar-refractivity contribution in [3.63, 3.8) is 0 Å². The normalized spacial score (nSPS) is 10.7. The smallest absolute Gasteiger partial charge is 0.273 e. The highest BCUT2D eigenvalue weighted by molar-refractivity contribution is 5.93.